The maximum atomic E-state index is 3.16. The predicted molar refractivity (Wildman–Crippen MR) is 75.0 cm³/mol. The lowest BCUT2D eigenvalue weighted by atomic mass is 9.95. The molecule has 0 heterocycles. The van der Waals surface area contributed by atoms with Crippen molar-refractivity contribution in [3.05, 3.63) is 64.4 Å². The quantitative estimate of drug-likeness (QED) is 0.564. The topological polar surface area (TPSA) is 0 Å². The lowest BCUT2D eigenvalue weighted by molar-refractivity contribution is 1.36. The molecule has 0 heteroatoms. The first-order valence-corrected chi connectivity index (χ1v) is 5.89. The maximum Gasteiger partial charge on any atom is -0.00989 e. The van der Waals surface area contributed by atoms with Crippen LogP contribution in [0.5, 0.6) is 0 Å². The van der Waals surface area contributed by atoms with Gasteiger partial charge in [-0.25, -0.2) is 0 Å². The number of allylic oxidation sites excluding steroid dienone is 2. The lowest BCUT2D eigenvalue weighted by Crippen LogP contribution is -1.87. The van der Waals surface area contributed by atoms with E-state index in [9.17, 15) is 0 Å². The van der Waals surface area contributed by atoms with Crippen LogP contribution in [-0.4, -0.2) is 0 Å². The smallest absolute Gasteiger partial charge is 0.00989 e. The van der Waals surface area contributed by atoms with Gasteiger partial charge in [0.25, 0.3) is 0 Å². The summed E-state index contributed by atoms with van der Waals surface area (Å²) in [5.74, 6) is 0. The summed E-state index contributed by atoms with van der Waals surface area (Å²) in [5, 5.41) is 2.64. The molecule has 82 valence electrons. The number of hydrogen-bond acceptors (Lipinski definition) is 0. The van der Waals surface area contributed by atoms with Gasteiger partial charge < -0.3 is 0 Å². The summed E-state index contributed by atoms with van der Waals surface area (Å²) >= 11 is 0. The number of rotatable bonds is 0. The molecule has 17 heavy (non-hydrogen) atoms. The zero-order chi connectivity index (χ0) is 11.8. The first-order chi connectivity index (χ1) is 8.25. The highest BCUT2D eigenvalue weighted by Gasteiger charge is 2.05. The van der Waals surface area contributed by atoms with Crippen LogP contribution in [0.3, 0.4) is 0 Å². The summed E-state index contributed by atoms with van der Waals surface area (Å²) in [6, 6.07) is 8.91. The van der Waals surface area contributed by atoms with Crippen LogP contribution in [0.4, 0.5) is 0 Å². The number of hydrogen-bond donors (Lipinski definition) is 0. The molecule has 0 bridgehead atoms. The van der Waals surface area contributed by atoms with E-state index in [0.29, 0.717) is 0 Å². The van der Waals surface area contributed by atoms with Crippen molar-refractivity contribution in [2.75, 3.05) is 0 Å². The van der Waals surface area contributed by atoms with Crippen LogP contribution < -0.4 is 0 Å². The largest absolute Gasteiger partial charge is 0.120 e. The molecule has 0 amide bonds. The van der Waals surface area contributed by atoms with E-state index in [4.69, 9.17) is 0 Å². The number of aryl methyl sites for hydroxylation is 2. The molecule has 0 fully saturated rings. The fourth-order valence-corrected chi connectivity index (χ4v) is 2.28. The summed E-state index contributed by atoms with van der Waals surface area (Å²) < 4.78 is 0. The summed E-state index contributed by atoms with van der Waals surface area (Å²) in [4.78, 5) is 0. The molecule has 0 unspecified atom stereocenters. The van der Waals surface area contributed by atoms with Crippen molar-refractivity contribution in [2.45, 2.75) is 13.8 Å². The molecule has 3 rings (SSSR count). The van der Waals surface area contributed by atoms with Crippen molar-refractivity contribution in [3.8, 4) is 0 Å². The minimum atomic E-state index is 1.24. The SMILES string of the molecule is Cc1cc2ccc3c(c2cc1C)C=CC=C=C3. The van der Waals surface area contributed by atoms with Crippen molar-refractivity contribution < 1.29 is 0 Å². The van der Waals surface area contributed by atoms with E-state index in [1.807, 2.05) is 12.2 Å². The molecule has 0 atom stereocenters. The predicted octanol–water partition coefficient (Wildman–Crippen LogP) is 4.65. The molecule has 0 aliphatic heterocycles. The van der Waals surface area contributed by atoms with Crippen molar-refractivity contribution in [3.63, 3.8) is 0 Å². The summed E-state index contributed by atoms with van der Waals surface area (Å²) in [6.45, 7) is 4.33. The maximum absolute atomic E-state index is 3.16. The Kier molecular flexibility index (Phi) is 2.24. The molecular weight excluding hydrogens is 204 g/mol. The van der Waals surface area contributed by atoms with Crippen molar-refractivity contribution in [1.29, 1.82) is 0 Å². The van der Waals surface area contributed by atoms with Gasteiger partial charge in [0.15, 0.2) is 0 Å². The van der Waals surface area contributed by atoms with Gasteiger partial charge in [0.2, 0.25) is 0 Å². The third-order valence-electron chi connectivity index (χ3n) is 3.40. The van der Waals surface area contributed by atoms with Crippen molar-refractivity contribution >= 4 is 22.9 Å². The summed E-state index contributed by atoms with van der Waals surface area (Å²) in [6.07, 6.45) is 8.22. The van der Waals surface area contributed by atoms with Gasteiger partial charge in [-0.05, 0) is 59.0 Å². The molecular formula is C17H14. The Morgan fingerprint density at radius 1 is 1.00 bits per heavy atom. The first-order valence-electron chi connectivity index (χ1n) is 5.89. The second-order valence-corrected chi connectivity index (χ2v) is 4.56. The van der Waals surface area contributed by atoms with E-state index in [0.717, 1.165) is 0 Å². The van der Waals surface area contributed by atoms with Gasteiger partial charge in [-0.15, -0.1) is 5.73 Å². The van der Waals surface area contributed by atoms with Crippen LogP contribution in [-0.2, 0) is 0 Å². The van der Waals surface area contributed by atoms with E-state index < -0.39 is 0 Å². The highest BCUT2D eigenvalue weighted by Crippen LogP contribution is 2.28. The molecule has 2 aromatic carbocycles. The van der Waals surface area contributed by atoms with Gasteiger partial charge in [0.05, 0.1) is 0 Å². The van der Waals surface area contributed by atoms with E-state index in [2.05, 4.69) is 56.0 Å². The molecule has 0 spiro atoms. The highest BCUT2D eigenvalue weighted by atomic mass is 14.1. The second kappa shape index (κ2) is 3.76. The average molecular weight is 218 g/mol. The third-order valence-corrected chi connectivity index (χ3v) is 3.40. The van der Waals surface area contributed by atoms with Crippen LogP contribution >= 0.6 is 0 Å². The molecule has 2 aromatic rings. The Hall–Kier alpha value is -2.04. The summed E-state index contributed by atoms with van der Waals surface area (Å²) in [7, 11) is 0. The molecule has 0 N–H and O–H groups in total. The normalized spacial score (nSPS) is 12.8. The Labute approximate surface area is 102 Å². The third kappa shape index (κ3) is 1.63. The van der Waals surface area contributed by atoms with Crippen molar-refractivity contribution in [2.24, 2.45) is 0 Å². The van der Waals surface area contributed by atoms with E-state index in [-0.39, 0.29) is 0 Å². The molecule has 0 saturated carbocycles. The molecule has 0 radical (unpaired) electrons. The van der Waals surface area contributed by atoms with Gasteiger partial charge in [-0.1, -0.05) is 36.4 Å². The van der Waals surface area contributed by atoms with Gasteiger partial charge >= 0.3 is 0 Å². The van der Waals surface area contributed by atoms with Crippen LogP contribution in [0, 0.1) is 13.8 Å². The van der Waals surface area contributed by atoms with Gasteiger partial charge in [-0.3, -0.25) is 0 Å². The lowest BCUT2D eigenvalue weighted by Gasteiger charge is -2.09. The van der Waals surface area contributed by atoms with Crippen molar-refractivity contribution in [1.82, 2.24) is 0 Å². The molecule has 0 saturated heterocycles. The standard InChI is InChI=1S/C17H14/c1-12-10-15-9-8-14-6-4-3-5-7-16(14)17(15)11-13(12)2/h3,5-11H,1-2H3. The van der Waals surface area contributed by atoms with E-state index in [1.54, 1.807) is 0 Å². The Balaban J connectivity index is 2.43. The number of benzene rings is 2. The fraction of sp³-hybridized carbons (Fsp3) is 0.118. The van der Waals surface area contributed by atoms with Gasteiger partial charge in [0, 0.05) is 0 Å². The van der Waals surface area contributed by atoms with Crippen LogP contribution in [0.15, 0.2) is 42.1 Å². The minimum absolute atomic E-state index is 1.24. The van der Waals surface area contributed by atoms with Crippen LogP contribution in [0.1, 0.15) is 22.3 Å². The molecule has 0 aromatic heterocycles. The Bertz CT molecular complexity index is 694. The van der Waals surface area contributed by atoms with E-state index in [1.165, 1.54) is 33.0 Å². The summed E-state index contributed by atoms with van der Waals surface area (Å²) in [5.41, 5.74) is 8.40. The van der Waals surface area contributed by atoms with E-state index >= 15 is 0 Å². The molecule has 1 aliphatic carbocycles. The number of fused-ring (bicyclic) bond motifs is 3. The van der Waals surface area contributed by atoms with Crippen LogP contribution in [0.2, 0.25) is 0 Å². The van der Waals surface area contributed by atoms with Crippen LogP contribution in [0.25, 0.3) is 22.9 Å². The minimum Gasteiger partial charge on any atom is -0.120 e. The van der Waals surface area contributed by atoms with Gasteiger partial charge in [0.1, 0.15) is 0 Å². The average Bonchev–Trinajstić information content (AvgIpc) is 2.56. The molecule has 1 aliphatic rings. The monoisotopic (exact) mass is 218 g/mol. The first kappa shape index (κ1) is 10.1. The highest BCUT2D eigenvalue weighted by molar-refractivity contribution is 5.95. The molecule has 0 nitrogen and oxygen atoms in total. The van der Waals surface area contributed by atoms with Gasteiger partial charge in [-0.2, -0.15) is 0 Å². The Morgan fingerprint density at radius 2 is 1.82 bits per heavy atom. The zero-order valence-corrected chi connectivity index (χ0v) is 10.1. The second-order valence-electron chi connectivity index (χ2n) is 4.56. The Morgan fingerprint density at radius 3 is 2.71 bits per heavy atom. The fourth-order valence-electron chi connectivity index (χ4n) is 2.28. The zero-order valence-electron chi connectivity index (χ0n) is 10.1.